The number of amides is 2. The van der Waals surface area contributed by atoms with Crippen LogP contribution in [0.1, 0.15) is 29.6 Å². The minimum atomic E-state index is -0.578. The lowest BCUT2D eigenvalue weighted by atomic mass is 10.2. The molecule has 0 saturated carbocycles. The molecule has 2 rings (SSSR count). The zero-order valence-corrected chi connectivity index (χ0v) is 17.3. The Morgan fingerprint density at radius 3 is 2.23 bits per heavy atom. The van der Waals surface area contributed by atoms with Crippen LogP contribution < -0.4 is 15.4 Å². The van der Waals surface area contributed by atoms with Gasteiger partial charge in [-0.15, -0.1) is 0 Å². The highest BCUT2D eigenvalue weighted by Crippen LogP contribution is 2.22. The van der Waals surface area contributed by atoms with Crippen molar-refractivity contribution >= 4 is 35.1 Å². The molecule has 9 nitrogen and oxygen atoms in total. The molecule has 2 aromatic rings. The third-order valence-electron chi connectivity index (χ3n) is 4.12. The molecule has 164 valence electrons. The number of anilines is 2. The summed E-state index contributed by atoms with van der Waals surface area (Å²) in [7, 11) is 2.77. The standard InChI is InChI=1S/C22H24N2O7/c1-29-18-7-4-3-6-17(18)24-20(26)14-31-21(27)9-5-8-19(25)23-16-12-10-15(11-13-16)22(28)30-2/h3-4,6-7,10-13H,5,8-9,14H2,1-2H3,(H,23,25)(H,24,26). The zero-order chi connectivity index (χ0) is 22.6. The molecule has 31 heavy (non-hydrogen) atoms. The Morgan fingerprint density at radius 2 is 1.55 bits per heavy atom. The molecule has 0 fully saturated rings. The molecule has 2 N–H and O–H groups in total. The van der Waals surface area contributed by atoms with E-state index in [1.54, 1.807) is 36.4 Å². The summed E-state index contributed by atoms with van der Waals surface area (Å²) in [5.74, 6) is -1.33. The number of para-hydroxylation sites is 2. The number of carbonyl (C=O) groups excluding carboxylic acids is 4. The van der Waals surface area contributed by atoms with Gasteiger partial charge in [-0.1, -0.05) is 12.1 Å². The van der Waals surface area contributed by atoms with E-state index >= 15 is 0 Å². The van der Waals surface area contributed by atoms with Crippen molar-refractivity contribution in [2.45, 2.75) is 19.3 Å². The molecule has 0 saturated heterocycles. The lowest BCUT2D eigenvalue weighted by Crippen LogP contribution is -2.21. The quantitative estimate of drug-likeness (QED) is 0.558. The maximum Gasteiger partial charge on any atom is 0.337 e. The Labute approximate surface area is 179 Å². The van der Waals surface area contributed by atoms with E-state index in [-0.39, 0.29) is 25.2 Å². The van der Waals surface area contributed by atoms with Crippen LogP contribution in [-0.4, -0.2) is 44.6 Å². The van der Waals surface area contributed by atoms with Crippen molar-refractivity contribution in [2.75, 3.05) is 31.5 Å². The van der Waals surface area contributed by atoms with E-state index in [0.29, 0.717) is 22.7 Å². The van der Waals surface area contributed by atoms with Gasteiger partial charge in [0.25, 0.3) is 5.91 Å². The van der Waals surface area contributed by atoms with Crippen molar-refractivity contribution in [3.05, 3.63) is 54.1 Å². The molecule has 0 bridgehead atoms. The van der Waals surface area contributed by atoms with Gasteiger partial charge in [0, 0.05) is 18.5 Å². The molecule has 0 aliphatic rings. The predicted molar refractivity (Wildman–Crippen MR) is 113 cm³/mol. The number of hydrogen-bond donors (Lipinski definition) is 2. The second-order valence-corrected chi connectivity index (χ2v) is 6.38. The Bertz CT molecular complexity index is 926. The Hall–Kier alpha value is -3.88. The van der Waals surface area contributed by atoms with Crippen molar-refractivity contribution in [3.63, 3.8) is 0 Å². The third kappa shape index (κ3) is 7.81. The normalized spacial score (nSPS) is 10.0. The molecule has 0 radical (unpaired) electrons. The van der Waals surface area contributed by atoms with Gasteiger partial charge in [0.15, 0.2) is 6.61 Å². The minimum absolute atomic E-state index is 0.00334. The molecule has 2 amide bonds. The van der Waals surface area contributed by atoms with Gasteiger partial charge in [0.1, 0.15) is 5.75 Å². The topological polar surface area (TPSA) is 120 Å². The van der Waals surface area contributed by atoms with Crippen LogP contribution in [0.3, 0.4) is 0 Å². The average Bonchev–Trinajstić information content (AvgIpc) is 2.78. The molecule has 0 heterocycles. The number of carbonyl (C=O) groups is 4. The molecular formula is C22H24N2O7. The second kappa shape index (κ2) is 12.0. The summed E-state index contributed by atoms with van der Waals surface area (Å²) >= 11 is 0. The van der Waals surface area contributed by atoms with Gasteiger partial charge in [-0.25, -0.2) is 4.79 Å². The number of nitrogens with one attached hydrogen (secondary N) is 2. The van der Waals surface area contributed by atoms with E-state index < -0.39 is 24.5 Å². The highest BCUT2D eigenvalue weighted by Gasteiger charge is 2.11. The largest absolute Gasteiger partial charge is 0.495 e. The van der Waals surface area contributed by atoms with Crippen LogP contribution >= 0.6 is 0 Å². The van der Waals surface area contributed by atoms with Crippen LogP contribution in [0, 0.1) is 0 Å². The first-order valence-corrected chi connectivity index (χ1v) is 9.49. The van der Waals surface area contributed by atoms with Gasteiger partial charge >= 0.3 is 11.9 Å². The minimum Gasteiger partial charge on any atom is -0.495 e. The van der Waals surface area contributed by atoms with Crippen LogP contribution in [0.4, 0.5) is 11.4 Å². The van der Waals surface area contributed by atoms with E-state index in [4.69, 9.17) is 9.47 Å². The van der Waals surface area contributed by atoms with Gasteiger partial charge in [-0.2, -0.15) is 0 Å². The van der Waals surface area contributed by atoms with Crippen LogP contribution in [-0.2, 0) is 23.9 Å². The number of hydrogen-bond acceptors (Lipinski definition) is 7. The van der Waals surface area contributed by atoms with Crippen LogP contribution in [0.5, 0.6) is 5.75 Å². The van der Waals surface area contributed by atoms with Crippen LogP contribution in [0.25, 0.3) is 0 Å². The monoisotopic (exact) mass is 428 g/mol. The molecule has 0 unspecified atom stereocenters. The summed E-state index contributed by atoms with van der Waals surface area (Å²) in [6.45, 7) is -0.435. The van der Waals surface area contributed by atoms with Crippen LogP contribution in [0.15, 0.2) is 48.5 Å². The number of methoxy groups -OCH3 is 2. The highest BCUT2D eigenvalue weighted by molar-refractivity contribution is 5.94. The summed E-state index contributed by atoms with van der Waals surface area (Å²) in [6, 6.07) is 13.1. The smallest absolute Gasteiger partial charge is 0.337 e. The lowest BCUT2D eigenvalue weighted by Gasteiger charge is -2.10. The lowest BCUT2D eigenvalue weighted by molar-refractivity contribution is -0.147. The van der Waals surface area contributed by atoms with Gasteiger partial charge in [-0.05, 0) is 42.8 Å². The van der Waals surface area contributed by atoms with Gasteiger partial charge in [0.05, 0.1) is 25.5 Å². The van der Waals surface area contributed by atoms with Gasteiger partial charge < -0.3 is 24.8 Å². The summed E-state index contributed by atoms with van der Waals surface area (Å²) in [5.41, 5.74) is 1.37. The molecule has 0 aromatic heterocycles. The molecule has 0 aliphatic heterocycles. The molecule has 9 heteroatoms. The first-order chi connectivity index (χ1) is 14.9. The SMILES string of the molecule is COC(=O)c1ccc(NC(=O)CCCC(=O)OCC(=O)Nc2ccccc2OC)cc1. The van der Waals surface area contributed by atoms with Crippen molar-refractivity contribution in [2.24, 2.45) is 0 Å². The Morgan fingerprint density at radius 1 is 0.839 bits per heavy atom. The average molecular weight is 428 g/mol. The van der Waals surface area contributed by atoms with Crippen molar-refractivity contribution < 1.29 is 33.4 Å². The second-order valence-electron chi connectivity index (χ2n) is 6.38. The zero-order valence-electron chi connectivity index (χ0n) is 17.3. The van der Waals surface area contributed by atoms with E-state index in [2.05, 4.69) is 15.4 Å². The van der Waals surface area contributed by atoms with E-state index in [9.17, 15) is 19.2 Å². The summed E-state index contributed by atoms with van der Waals surface area (Å²) in [6.07, 6.45) is 0.358. The summed E-state index contributed by atoms with van der Waals surface area (Å²) in [5, 5.41) is 5.27. The fourth-order valence-corrected chi connectivity index (χ4v) is 2.58. The maximum atomic E-state index is 12.0. The number of benzene rings is 2. The first-order valence-electron chi connectivity index (χ1n) is 9.49. The highest BCUT2D eigenvalue weighted by atomic mass is 16.5. The summed E-state index contributed by atoms with van der Waals surface area (Å²) < 4.78 is 14.7. The molecular weight excluding hydrogens is 404 g/mol. The summed E-state index contributed by atoms with van der Waals surface area (Å²) in [4.78, 5) is 47.1. The third-order valence-corrected chi connectivity index (χ3v) is 4.12. The fraction of sp³-hybridized carbons (Fsp3) is 0.273. The number of esters is 2. The number of rotatable bonds is 10. The van der Waals surface area contributed by atoms with E-state index in [1.165, 1.54) is 26.4 Å². The molecule has 2 aromatic carbocycles. The van der Waals surface area contributed by atoms with Crippen molar-refractivity contribution in [1.82, 2.24) is 0 Å². The van der Waals surface area contributed by atoms with E-state index in [1.807, 2.05) is 0 Å². The van der Waals surface area contributed by atoms with Crippen molar-refractivity contribution in [1.29, 1.82) is 0 Å². The molecule has 0 atom stereocenters. The van der Waals surface area contributed by atoms with Gasteiger partial charge in [0.2, 0.25) is 5.91 Å². The maximum absolute atomic E-state index is 12.0. The number of ether oxygens (including phenoxy) is 3. The van der Waals surface area contributed by atoms with E-state index in [0.717, 1.165) is 0 Å². The predicted octanol–water partition coefficient (Wildman–Crippen LogP) is 2.77. The molecule has 0 spiro atoms. The molecule has 0 aliphatic carbocycles. The first kappa shape index (κ1) is 23.4. The van der Waals surface area contributed by atoms with Crippen molar-refractivity contribution in [3.8, 4) is 5.75 Å². The Kier molecular flexibility index (Phi) is 9.03. The van der Waals surface area contributed by atoms with Crippen LogP contribution in [0.2, 0.25) is 0 Å². The Balaban J connectivity index is 1.66. The fourth-order valence-electron chi connectivity index (χ4n) is 2.58. The van der Waals surface area contributed by atoms with Gasteiger partial charge in [-0.3, -0.25) is 14.4 Å².